The van der Waals surface area contributed by atoms with Gasteiger partial charge >= 0.3 is 5.97 Å². The minimum Gasteiger partial charge on any atom is -0.477 e. The molecule has 1 unspecified atom stereocenters. The number of nitrogens with two attached hydrogens (primary N) is 1. The number of hydrogen-bond acceptors (Lipinski definition) is 5. The van der Waals surface area contributed by atoms with Crippen LogP contribution < -0.4 is 5.73 Å². The highest BCUT2D eigenvalue weighted by Gasteiger charge is 2.42. The minimum absolute atomic E-state index is 0.0160. The van der Waals surface area contributed by atoms with E-state index in [9.17, 15) is 9.90 Å². The Bertz CT molecular complexity index is 992. The minimum atomic E-state index is -1.07. The van der Waals surface area contributed by atoms with Crippen molar-refractivity contribution in [3.8, 4) is 11.1 Å². The smallest absolute Gasteiger partial charge is 0.352 e. The molecule has 0 spiro atoms. The van der Waals surface area contributed by atoms with Gasteiger partial charge in [0.1, 0.15) is 5.60 Å². The molecule has 0 amide bonds. The lowest BCUT2D eigenvalue weighted by Gasteiger charge is -2.25. The van der Waals surface area contributed by atoms with Gasteiger partial charge in [-0.3, -0.25) is 4.98 Å². The molecule has 0 aliphatic carbocycles. The topological polar surface area (TPSA) is 97.8 Å². The van der Waals surface area contributed by atoms with Crippen molar-refractivity contribution in [3.63, 3.8) is 0 Å². The van der Waals surface area contributed by atoms with E-state index in [2.05, 4.69) is 43.1 Å². The molecule has 1 aromatic carbocycles. The Morgan fingerprint density at radius 3 is 2.37 bits per heavy atom. The molecule has 1 atom stereocenters. The fourth-order valence-electron chi connectivity index (χ4n) is 4.02. The maximum atomic E-state index is 11.7. The van der Waals surface area contributed by atoms with E-state index in [1.54, 1.807) is 13.8 Å². The average Bonchev–Trinajstić information content (AvgIpc) is 2.96. The van der Waals surface area contributed by atoms with E-state index >= 15 is 0 Å². The Hall–Kier alpha value is -2.57. The number of aryl methyl sites for hydroxylation is 2. The van der Waals surface area contributed by atoms with Crippen LogP contribution in [-0.4, -0.2) is 27.4 Å². The zero-order valence-corrected chi connectivity index (χ0v) is 18.6. The number of hydrogen-bond donors (Lipinski definition) is 2. The van der Waals surface area contributed by atoms with Crippen molar-refractivity contribution in [2.45, 2.75) is 66.3 Å². The van der Waals surface area contributed by atoms with Crippen molar-refractivity contribution >= 4 is 11.7 Å². The van der Waals surface area contributed by atoms with E-state index in [0.29, 0.717) is 12.5 Å². The van der Waals surface area contributed by atoms with Crippen molar-refractivity contribution in [2.75, 3.05) is 0 Å². The Morgan fingerprint density at radius 2 is 1.87 bits per heavy atom. The van der Waals surface area contributed by atoms with Crippen LogP contribution in [0.1, 0.15) is 62.0 Å². The third-order valence-corrected chi connectivity index (χ3v) is 5.43. The van der Waals surface area contributed by atoms with Crippen molar-refractivity contribution in [1.82, 2.24) is 4.98 Å². The predicted molar refractivity (Wildman–Crippen MR) is 119 cm³/mol. The number of carboxylic acids is 1. The number of ether oxygens (including phenoxy) is 1. The maximum Gasteiger partial charge on any atom is 0.352 e. The normalized spacial score (nSPS) is 18.0. The number of aliphatic carboxylic acids is 1. The van der Waals surface area contributed by atoms with Crippen LogP contribution in [0.15, 0.2) is 29.3 Å². The van der Waals surface area contributed by atoms with Gasteiger partial charge in [-0.05, 0) is 56.7 Å². The van der Waals surface area contributed by atoms with Crippen LogP contribution >= 0.6 is 0 Å². The van der Waals surface area contributed by atoms with Gasteiger partial charge in [0.2, 0.25) is 0 Å². The van der Waals surface area contributed by atoms with Gasteiger partial charge < -0.3 is 15.6 Å². The molecule has 0 radical (unpaired) electrons. The Morgan fingerprint density at radius 1 is 1.23 bits per heavy atom. The molecule has 1 aromatic heterocycles. The van der Waals surface area contributed by atoms with Crippen LogP contribution in [0.25, 0.3) is 11.1 Å². The molecule has 1 aliphatic heterocycles. The largest absolute Gasteiger partial charge is 0.477 e. The van der Waals surface area contributed by atoms with Gasteiger partial charge in [-0.2, -0.15) is 0 Å². The SMILES string of the molecule is Cc1ccc(-c2c(CN)c(CC(C)C)nc(C)c2C2N=C(C(=O)O)C(C)(C)O2)cc1. The van der Waals surface area contributed by atoms with Gasteiger partial charge in [-0.1, -0.05) is 43.7 Å². The van der Waals surface area contributed by atoms with Crippen LogP contribution in [0, 0.1) is 19.8 Å². The number of carbonyl (C=O) groups is 1. The fourth-order valence-corrected chi connectivity index (χ4v) is 4.02. The summed E-state index contributed by atoms with van der Waals surface area (Å²) < 4.78 is 6.13. The summed E-state index contributed by atoms with van der Waals surface area (Å²) in [6.07, 6.45) is 0.0704. The fraction of sp³-hybridized carbons (Fsp3) is 0.458. The summed E-state index contributed by atoms with van der Waals surface area (Å²) in [5.74, 6) is -0.641. The van der Waals surface area contributed by atoms with E-state index in [-0.39, 0.29) is 5.71 Å². The Kier molecular flexibility index (Phi) is 6.11. The first kappa shape index (κ1) is 22.1. The summed E-state index contributed by atoms with van der Waals surface area (Å²) in [5, 5.41) is 9.60. The highest BCUT2D eigenvalue weighted by molar-refractivity contribution is 6.39. The first-order valence-corrected chi connectivity index (χ1v) is 10.3. The molecule has 0 fully saturated rings. The van der Waals surface area contributed by atoms with Crippen LogP contribution in [0.3, 0.4) is 0 Å². The molecule has 6 heteroatoms. The quantitative estimate of drug-likeness (QED) is 0.739. The number of aromatic nitrogens is 1. The number of carboxylic acid groups (broad SMARTS) is 1. The Labute approximate surface area is 178 Å². The van der Waals surface area contributed by atoms with Crippen molar-refractivity contribution in [3.05, 3.63) is 52.3 Å². The summed E-state index contributed by atoms with van der Waals surface area (Å²) in [6.45, 7) is 12.1. The number of rotatable bonds is 6. The van der Waals surface area contributed by atoms with Gasteiger partial charge in [0.15, 0.2) is 11.9 Å². The van der Waals surface area contributed by atoms with E-state index in [1.165, 1.54) is 0 Å². The summed E-state index contributed by atoms with van der Waals surface area (Å²) >= 11 is 0. The molecule has 0 saturated carbocycles. The highest BCUT2D eigenvalue weighted by Crippen LogP contribution is 2.42. The van der Waals surface area contributed by atoms with Crippen molar-refractivity contribution < 1.29 is 14.6 Å². The summed E-state index contributed by atoms with van der Waals surface area (Å²) in [7, 11) is 0. The second kappa shape index (κ2) is 8.28. The number of pyridine rings is 1. The van der Waals surface area contributed by atoms with Crippen LogP contribution in [0.4, 0.5) is 0 Å². The van der Waals surface area contributed by atoms with Crippen LogP contribution in [-0.2, 0) is 22.5 Å². The van der Waals surface area contributed by atoms with Crippen molar-refractivity contribution in [1.29, 1.82) is 0 Å². The van der Waals surface area contributed by atoms with Crippen LogP contribution in [0.2, 0.25) is 0 Å². The second-order valence-corrected chi connectivity index (χ2v) is 8.84. The average molecular weight is 410 g/mol. The van der Waals surface area contributed by atoms with Gasteiger partial charge in [0.25, 0.3) is 0 Å². The molecule has 2 aromatic rings. The number of aliphatic imine (C=N–C) groups is 1. The van der Waals surface area contributed by atoms with Gasteiger partial charge in [-0.25, -0.2) is 9.79 Å². The predicted octanol–water partition coefficient (Wildman–Crippen LogP) is 4.36. The first-order chi connectivity index (χ1) is 14.0. The molecule has 0 bridgehead atoms. The van der Waals surface area contributed by atoms with Crippen molar-refractivity contribution in [2.24, 2.45) is 16.6 Å². The zero-order chi connectivity index (χ0) is 22.2. The van der Waals surface area contributed by atoms with E-state index in [1.807, 2.05) is 13.8 Å². The van der Waals surface area contributed by atoms with Crippen LogP contribution in [0.5, 0.6) is 0 Å². The second-order valence-electron chi connectivity index (χ2n) is 8.84. The molecule has 1 aliphatic rings. The lowest BCUT2D eigenvalue weighted by molar-refractivity contribution is -0.130. The third kappa shape index (κ3) is 4.16. The monoisotopic (exact) mass is 409 g/mol. The molecule has 0 saturated heterocycles. The molecule has 3 N–H and O–H groups in total. The maximum absolute atomic E-state index is 11.7. The molecule has 30 heavy (non-hydrogen) atoms. The van der Waals surface area contributed by atoms with E-state index in [0.717, 1.165) is 45.6 Å². The summed E-state index contributed by atoms with van der Waals surface area (Å²) in [5.41, 5.74) is 11.9. The molecule has 3 rings (SSSR count). The van der Waals surface area contributed by atoms with Gasteiger partial charge in [0.05, 0.1) is 0 Å². The first-order valence-electron chi connectivity index (χ1n) is 10.3. The van der Waals surface area contributed by atoms with Gasteiger partial charge in [0, 0.05) is 23.5 Å². The standard InChI is InChI=1S/C24H31N3O3/c1-13(2)11-18-17(12-25)20(16-9-7-14(3)8-10-16)19(15(4)26-18)22-27-21(23(28)29)24(5,6)30-22/h7-10,13,22H,11-12,25H2,1-6H3,(H,28,29). The molecule has 160 valence electrons. The summed E-state index contributed by atoms with van der Waals surface area (Å²) in [4.78, 5) is 21.1. The lowest BCUT2D eigenvalue weighted by atomic mass is 9.89. The van der Waals surface area contributed by atoms with E-state index in [4.69, 9.17) is 15.5 Å². The molecular weight excluding hydrogens is 378 g/mol. The molecule has 6 nitrogen and oxygen atoms in total. The lowest BCUT2D eigenvalue weighted by Crippen LogP contribution is -2.35. The van der Waals surface area contributed by atoms with Gasteiger partial charge in [-0.15, -0.1) is 0 Å². The third-order valence-electron chi connectivity index (χ3n) is 5.43. The number of nitrogens with zero attached hydrogens (tertiary/aromatic N) is 2. The Balaban J connectivity index is 2.30. The molecule has 2 heterocycles. The molecular formula is C24H31N3O3. The summed E-state index contributed by atoms with van der Waals surface area (Å²) in [6, 6.07) is 8.24. The number of benzene rings is 1. The van der Waals surface area contributed by atoms with E-state index < -0.39 is 17.8 Å². The highest BCUT2D eigenvalue weighted by atomic mass is 16.5. The zero-order valence-electron chi connectivity index (χ0n) is 18.6.